The summed E-state index contributed by atoms with van der Waals surface area (Å²) in [6.07, 6.45) is 7.01. The maximum Gasteiger partial charge on any atom is 0.187 e. The Labute approximate surface area is 239 Å². The Balaban J connectivity index is 0.00000380. The molecule has 0 amide bonds. The Morgan fingerprint density at radius 3 is 1.76 bits per heavy atom. The number of Topliss-reactive ketones (excluding diaryl/α,β-unsaturated/α-hetero) is 1. The number of aliphatic hydroxyl groups excluding tert-OH is 1. The van der Waals surface area contributed by atoms with Gasteiger partial charge in [-0.2, -0.15) is 0 Å². The normalized spacial score (nSPS) is 18.1. The van der Waals surface area contributed by atoms with E-state index in [9.17, 15) is 9.90 Å². The molecule has 192 valence electrons. The fraction of sp³-hybridized carbons (Fsp3) is 0.242. The molecular weight excluding hydrogens is 586 g/mol. The van der Waals surface area contributed by atoms with Crippen LogP contribution in [0.1, 0.15) is 34.1 Å². The molecule has 4 rings (SSSR count). The monoisotopic (exact) mass is 622 g/mol. The van der Waals surface area contributed by atoms with E-state index in [2.05, 4.69) is 130 Å². The molecule has 0 aliphatic heterocycles. The van der Waals surface area contributed by atoms with E-state index in [0.29, 0.717) is 12.0 Å². The first-order valence-electron chi connectivity index (χ1n) is 12.6. The van der Waals surface area contributed by atoms with Gasteiger partial charge < -0.3 is 29.1 Å². The van der Waals surface area contributed by atoms with Crippen LogP contribution in [-0.2, 0) is 4.79 Å². The van der Waals surface area contributed by atoms with Gasteiger partial charge in [0.25, 0.3) is 0 Å². The average molecular weight is 623 g/mol. The smallest absolute Gasteiger partial charge is 0.187 e. The number of ketones is 1. The van der Waals surface area contributed by atoms with Crippen LogP contribution in [0.3, 0.4) is 0 Å². The number of allylic oxidation sites excluding steroid dienone is 5. The number of hydrogen-bond donors (Lipinski definition) is 1. The lowest BCUT2D eigenvalue weighted by Crippen LogP contribution is -3.00. The largest absolute Gasteiger partial charge is 1.00 e. The van der Waals surface area contributed by atoms with Crippen molar-refractivity contribution in [1.82, 2.24) is 0 Å². The summed E-state index contributed by atoms with van der Waals surface area (Å²) in [5.74, 6) is -0.155. The lowest BCUT2D eigenvalue weighted by molar-refractivity contribution is -0.125. The number of benzene rings is 3. The molecule has 1 N–H and O–H groups in total. The SMILES string of the molecule is CC1=C(/C=C/C(C)=C/C[P+](c2ccccc2)(c2ccccc2)c2ccccc2)C(C)(C)CC(O)C1=O.[I-]. The van der Waals surface area contributed by atoms with Crippen LogP contribution in [0.4, 0.5) is 0 Å². The molecule has 0 heterocycles. The molecule has 0 saturated heterocycles. The number of hydrogen-bond acceptors (Lipinski definition) is 2. The molecule has 4 heteroatoms. The minimum absolute atomic E-state index is 0. The van der Waals surface area contributed by atoms with Gasteiger partial charge in [0, 0.05) is 0 Å². The van der Waals surface area contributed by atoms with E-state index in [0.717, 1.165) is 17.3 Å². The molecule has 1 aliphatic rings. The van der Waals surface area contributed by atoms with E-state index in [1.165, 1.54) is 15.9 Å². The van der Waals surface area contributed by atoms with Crippen molar-refractivity contribution in [3.63, 3.8) is 0 Å². The first-order valence-corrected chi connectivity index (χ1v) is 14.6. The van der Waals surface area contributed by atoms with Gasteiger partial charge in [0.1, 0.15) is 29.3 Å². The first-order chi connectivity index (χ1) is 17.3. The molecule has 0 saturated carbocycles. The van der Waals surface area contributed by atoms with Crippen molar-refractivity contribution < 1.29 is 33.9 Å². The van der Waals surface area contributed by atoms with Crippen molar-refractivity contribution in [1.29, 1.82) is 0 Å². The summed E-state index contributed by atoms with van der Waals surface area (Å²) in [7, 11) is -1.93. The van der Waals surface area contributed by atoms with E-state index in [1.54, 1.807) is 0 Å². The fourth-order valence-corrected chi connectivity index (χ4v) is 9.43. The average Bonchev–Trinajstić information content (AvgIpc) is 2.89. The summed E-state index contributed by atoms with van der Waals surface area (Å²) in [6, 6.07) is 32.7. The van der Waals surface area contributed by atoms with E-state index in [-0.39, 0.29) is 35.2 Å². The molecular formula is C33H36IO2P. The minimum atomic E-state index is -1.93. The molecule has 0 aromatic heterocycles. The second kappa shape index (κ2) is 12.5. The summed E-state index contributed by atoms with van der Waals surface area (Å²) < 4.78 is 0. The van der Waals surface area contributed by atoms with Crippen molar-refractivity contribution in [3.8, 4) is 0 Å². The molecule has 1 unspecified atom stereocenters. The van der Waals surface area contributed by atoms with Gasteiger partial charge in [0.15, 0.2) is 5.78 Å². The highest BCUT2D eigenvalue weighted by Gasteiger charge is 2.44. The topological polar surface area (TPSA) is 37.3 Å². The van der Waals surface area contributed by atoms with Gasteiger partial charge in [-0.25, -0.2) is 0 Å². The minimum Gasteiger partial charge on any atom is -1.00 e. The van der Waals surface area contributed by atoms with Crippen LogP contribution in [0, 0.1) is 5.41 Å². The van der Waals surface area contributed by atoms with E-state index < -0.39 is 13.4 Å². The third-order valence-corrected chi connectivity index (χ3v) is 11.6. The number of aliphatic hydroxyl groups is 1. The first kappa shape index (κ1) is 29.2. The van der Waals surface area contributed by atoms with E-state index in [1.807, 2.05) is 6.92 Å². The van der Waals surface area contributed by atoms with Crippen LogP contribution < -0.4 is 39.9 Å². The van der Waals surface area contributed by atoms with Crippen molar-refractivity contribution in [2.24, 2.45) is 5.41 Å². The van der Waals surface area contributed by atoms with Crippen molar-refractivity contribution in [2.45, 2.75) is 40.2 Å². The molecule has 1 aliphatic carbocycles. The lowest BCUT2D eigenvalue weighted by atomic mass is 9.71. The highest BCUT2D eigenvalue weighted by atomic mass is 127. The van der Waals surface area contributed by atoms with Gasteiger partial charge in [-0.15, -0.1) is 0 Å². The molecule has 1 atom stereocenters. The number of halogens is 1. The van der Waals surface area contributed by atoms with Crippen LogP contribution in [0.2, 0.25) is 0 Å². The zero-order valence-electron chi connectivity index (χ0n) is 22.1. The van der Waals surface area contributed by atoms with Gasteiger partial charge in [0.2, 0.25) is 0 Å². The van der Waals surface area contributed by atoms with Crippen molar-refractivity contribution in [2.75, 3.05) is 6.16 Å². The Bertz CT molecular complexity index is 1200. The van der Waals surface area contributed by atoms with Crippen LogP contribution in [0.15, 0.2) is 126 Å². The third-order valence-electron chi connectivity index (χ3n) is 7.30. The summed E-state index contributed by atoms with van der Waals surface area (Å²) in [6.45, 7) is 8.17. The van der Waals surface area contributed by atoms with Gasteiger partial charge in [-0.3, -0.25) is 4.79 Å². The van der Waals surface area contributed by atoms with Crippen LogP contribution >= 0.6 is 7.26 Å². The highest BCUT2D eigenvalue weighted by Crippen LogP contribution is 2.55. The molecule has 0 spiro atoms. The zero-order chi connectivity index (χ0) is 25.8. The van der Waals surface area contributed by atoms with Crippen LogP contribution in [0.25, 0.3) is 0 Å². The summed E-state index contributed by atoms with van der Waals surface area (Å²) in [5.41, 5.74) is 2.60. The van der Waals surface area contributed by atoms with E-state index >= 15 is 0 Å². The van der Waals surface area contributed by atoms with Crippen molar-refractivity contribution in [3.05, 3.63) is 126 Å². The summed E-state index contributed by atoms with van der Waals surface area (Å²) >= 11 is 0. The maximum atomic E-state index is 12.4. The fourth-order valence-electron chi connectivity index (χ4n) is 5.30. The number of carbonyl (C=O) groups is 1. The molecule has 3 aromatic carbocycles. The quantitative estimate of drug-likeness (QED) is 0.250. The highest BCUT2D eigenvalue weighted by molar-refractivity contribution is 7.95. The van der Waals surface area contributed by atoms with Gasteiger partial charge in [0.05, 0.1) is 6.16 Å². The van der Waals surface area contributed by atoms with E-state index in [4.69, 9.17) is 0 Å². The predicted molar refractivity (Wildman–Crippen MR) is 155 cm³/mol. The Hall–Kier alpha value is -2.33. The van der Waals surface area contributed by atoms with Gasteiger partial charge in [-0.1, -0.05) is 86.2 Å². The molecule has 0 bridgehead atoms. The molecule has 2 nitrogen and oxygen atoms in total. The van der Waals surface area contributed by atoms with Crippen molar-refractivity contribution >= 4 is 29.0 Å². The summed E-state index contributed by atoms with van der Waals surface area (Å²) in [5, 5.41) is 14.3. The van der Waals surface area contributed by atoms with Gasteiger partial charge >= 0.3 is 0 Å². The zero-order valence-corrected chi connectivity index (χ0v) is 25.1. The summed E-state index contributed by atoms with van der Waals surface area (Å²) in [4.78, 5) is 12.4. The third kappa shape index (κ3) is 6.22. The molecule has 0 fully saturated rings. The molecule has 0 radical (unpaired) electrons. The lowest BCUT2D eigenvalue weighted by Gasteiger charge is -2.34. The van der Waals surface area contributed by atoms with Crippen LogP contribution in [0.5, 0.6) is 0 Å². The molecule has 3 aromatic rings. The van der Waals surface area contributed by atoms with Crippen LogP contribution in [-0.4, -0.2) is 23.2 Å². The second-order valence-corrected chi connectivity index (χ2v) is 13.8. The number of rotatable bonds is 7. The van der Waals surface area contributed by atoms with Gasteiger partial charge in [-0.05, 0) is 79.3 Å². The Kier molecular flexibility index (Phi) is 9.86. The number of carbonyl (C=O) groups excluding carboxylic acids is 1. The maximum absolute atomic E-state index is 12.4. The second-order valence-electron chi connectivity index (χ2n) is 10.3. The molecule has 37 heavy (non-hydrogen) atoms. The standard InChI is InChI=1S/C33H36O2P.HI/c1-25(20-21-30-26(2)32(35)31(34)24-33(30,3)4)22-23-36(27-14-8-5-9-15-27,28-16-10-6-11-17-28)29-18-12-7-13-19-29;/h5-22,31,34H,23-24H2,1-4H3;1H/q+1;/p-1/b21-20+,25-22+;. The Morgan fingerprint density at radius 1 is 0.892 bits per heavy atom. The predicted octanol–water partition coefficient (Wildman–Crippen LogP) is 3.16. The Morgan fingerprint density at radius 2 is 1.32 bits per heavy atom.